The number of hydrogen-bond acceptors (Lipinski definition) is 2. The highest BCUT2D eigenvalue weighted by Gasteiger charge is 2.31. The number of benzene rings is 1. The first kappa shape index (κ1) is 11.3. The Kier molecular flexibility index (Phi) is 3.10. The van der Waals surface area contributed by atoms with Crippen LogP contribution in [0.4, 0.5) is 0 Å². The zero-order valence-corrected chi connectivity index (χ0v) is 10.1. The van der Waals surface area contributed by atoms with Gasteiger partial charge in [0.2, 0.25) is 0 Å². The molecule has 0 bridgehead atoms. The van der Waals surface area contributed by atoms with Crippen LogP contribution in [0.25, 0.3) is 0 Å². The minimum absolute atomic E-state index is 0.0430. The van der Waals surface area contributed by atoms with Crippen LogP contribution in [0.2, 0.25) is 0 Å². The van der Waals surface area contributed by atoms with E-state index in [0.717, 1.165) is 17.5 Å². The smallest absolute Gasteiger partial charge is 0.168 e. The van der Waals surface area contributed by atoms with E-state index < -0.39 is 0 Å². The topological polar surface area (TPSA) is 26.3 Å². The second kappa shape index (κ2) is 4.38. The van der Waals surface area contributed by atoms with Crippen molar-refractivity contribution in [3.8, 4) is 0 Å². The van der Waals surface area contributed by atoms with Crippen LogP contribution in [-0.4, -0.2) is 18.5 Å². The van der Waals surface area contributed by atoms with Crippen molar-refractivity contribution in [2.24, 2.45) is 5.92 Å². The number of Topliss-reactive ketones (excluding diaryl/α,β-unsaturated/α-hetero) is 1. The number of rotatable bonds is 2. The summed E-state index contributed by atoms with van der Waals surface area (Å²) >= 11 is 0. The molecule has 0 aromatic heterocycles. The van der Waals surface area contributed by atoms with E-state index in [1.165, 1.54) is 5.56 Å². The van der Waals surface area contributed by atoms with Gasteiger partial charge < -0.3 is 4.74 Å². The summed E-state index contributed by atoms with van der Waals surface area (Å²) < 4.78 is 5.45. The van der Waals surface area contributed by atoms with Crippen molar-refractivity contribution in [1.29, 1.82) is 0 Å². The molecule has 1 aromatic rings. The Morgan fingerprint density at radius 1 is 1.38 bits per heavy atom. The fourth-order valence-electron chi connectivity index (χ4n) is 2.37. The largest absolute Gasteiger partial charge is 0.378 e. The summed E-state index contributed by atoms with van der Waals surface area (Å²) in [6, 6.07) is 6.01. The third kappa shape index (κ3) is 2.03. The lowest BCUT2D eigenvalue weighted by atomic mass is 9.90. The standard InChI is InChI=1S/C14H18O2/c1-9-4-5-12(10(2)8-9)14(15)13-6-7-16-11(13)3/h4-5,8,11,13H,6-7H2,1-3H3. The third-order valence-electron chi connectivity index (χ3n) is 3.36. The molecule has 2 heteroatoms. The lowest BCUT2D eigenvalue weighted by Gasteiger charge is -2.14. The van der Waals surface area contributed by atoms with Gasteiger partial charge in [0.25, 0.3) is 0 Å². The Morgan fingerprint density at radius 3 is 2.69 bits per heavy atom. The van der Waals surface area contributed by atoms with Crippen LogP contribution in [0.1, 0.15) is 34.8 Å². The van der Waals surface area contributed by atoms with Crippen LogP contribution < -0.4 is 0 Å². The van der Waals surface area contributed by atoms with Gasteiger partial charge in [-0.2, -0.15) is 0 Å². The number of hydrogen-bond donors (Lipinski definition) is 0. The highest BCUT2D eigenvalue weighted by Crippen LogP contribution is 2.26. The normalized spacial score (nSPS) is 24.7. The van der Waals surface area contributed by atoms with Gasteiger partial charge in [0.15, 0.2) is 5.78 Å². The molecular weight excluding hydrogens is 200 g/mol. The zero-order valence-electron chi connectivity index (χ0n) is 10.1. The molecule has 1 aliphatic heterocycles. The first-order chi connectivity index (χ1) is 7.59. The molecule has 86 valence electrons. The van der Waals surface area contributed by atoms with Gasteiger partial charge in [-0.1, -0.05) is 23.8 Å². The minimum atomic E-state index is 0.0430. The fraction of sp³-hybridized carbons (Fsp3) is 0.500. The van der Waals surface area contributed by atoms with Crippen molar-refractivity contribution >= 4 is 5.78 Å². The molecule has 1 heterocycles. The molecule has 0 saturated carbocycles. The molecule has 1 fully saturated rings. The Hall–Kier alpha value is -1.15. The summed E-state index contributed by atoms with van der Waals surface area (Å²) in [5, 5.41) is 0. The number of aryl methyl sites for hydroxylation is 2. The number of ether oxygens (including phenoxy) is 1. The van der Waals surface area contributed by atoms with Gasteiger partial charge in [0.1, 0.15) is 0 Å². The number of carbonyl (C=O) groups excluding carboxylic acids is 1. The van der Waals surface area contributed by atoms with E-state index in [1.54, 1.807) is 0 Å². The molecule has 1 aromatic carbocycles. The third-order valence-corrected chi connectivity index (χ3v) is 3.36. The van der Waals surface area contributed by atoms with E-state index in [0.29, 0.717) is 6.61 Å². The first-order valence-electron chi connectivity index (χ1n) is 5.82. The molecule has 0 amide bonds. The lowest BCUT2D eigenvalue weighted by molar-refractivity contribution is 0.0764. The summed E-state index contributed by atoms with van der Waals surface area (Å²) in [5.74, 6) is 0.281. The van der Waals surface area contributed by atoms with Crippen molar-refractivity contribution in [3.63, 3.8) is 0 Å². The summed E-state index contributed by atoms with van der Waals surface area (Å²) in [4.78, 5) is 12.3. The summed E-state index contributed by atoms with van der Waals surface area (Å²) in [6.07, 6.45) is 0.918. The lowest BCUT2D eigenvalue weighted by Crippen LogP contribution is -2.22. The van der Waals surface area contributed by atoms with Crippen LogP contribution >= 0.6 is 0 Å². The molecule has 16 heavy (non-hydrogen) atoms. The molecule has 1 saturated heterocycles. The van der Waals surface area contributed by atoms with E-state index in [9.17, 15) is 4.79 Å². The molecule has 0 radical (unpaired) electrons. The van der Waals surface area contributed by atoms with E-state index in [4.69, 9.17) is 4.74 Å². The monoisotopic (exact) mass is 218 g/mol. The average molecular weight is 218 g/mol. The van der Waals surface area contributed by atoms with Crippen molar-refractivity contribution < 1.29 is 9.53 Å². The van der Waals surface area contributed by atoms with Gasteiger partial charge in [-0.15, -0.1) is 0 Å². The van der Waals surface area contributed by atoms with E-state index in [1.807, 2.05) is 32.9 Å². The van der Waals surface area contributed by atoms with Gasteiger partial charge in [-0.3, -0.25) is 4.79 Å². The molecule has 0 spiro atoms. The molecule has 1 aliphatic rings. The maximum atomic E-state index is 12.3. The van der Waals surface area contributed by atoms with Crippen LogP contribution in [-0.2, 0) is 4.74 Å². The fourth-order valence-corrected chi connectivity index (χ4v) is 2.37. The highest BCUT2D eigenvalue weighted by molar-refractivity contribution is 5.99. The first-order valence-corrected chi connectivity index (χ1v) is 5.82. The van der Waals surface area contributed by atoms with Gasteiger partial charge in [-0.25, -0.2) is 0 Å². The van der Waals surface area contributed by atoms with Crippen LogP contribution in [0, 0.1) is 19.8 Å². The number of carbonyl (C=O) groups is 1. The molecule has 2 nitrogen and oxygen atoms in total. The van der Waals surface area contributed by atoms with Crippen LogP contribution in [0.3, 0.4) is 0 Å². The molecule has 2 rings (SSSR count). The van der Waals surface area contributed by atoms with Gasteiger partial charge in [-0.05, 0) is 32.8 Å². The second-order valence-electron chi connectivity index (χ2n) is 4.65. The maximum absolute atomic E-state index is 12.3. The average Bonchev–Trinajstić information content (AvgIpc) is 2.63. The number of ketones is 1. The van der Waals surface area contributed by atoms with Crippen molar-refractivity contribution in [3.05, 3.63) is 34.9 Å². The Morgan fingerprint density at radius 2 is 2.12 bits per heavy atom. The zero-order chi connectivity index (χ0) is 11.7. The predicted molar refractivity (Wildman–Crippen MR) is 63.8 cm³/mol. The molecule has 0 N–H and O–H groups in total. The highest BCUT2D eigenvalue weighted by atomic mass is 16.5. The maximum Gasteiger partial charge on any atom is 0.168 e. The molecule has 2 unspecified atom stereocenters. The second-order valence-corrected chi connectivity index (χ2v) is 4.65. The van der Waals surface area contributed by atoms with Gasteiger partial charge >= 0.3 is 0 Å². The summed E-state index contributed by atoms with van der Waals surface area (Å²) in [5.41, 5.74) is 3.13. The van der Waals surface area contributed by atoms with E-state index in [2.05, 4.69) is 6.07 Å². The van der Waals surface area contributed by atoms with Crippen LogP contribution in [0.5, 0.6) is 0 Å². The quantitative estimate of drug-likeness (QED) is 0.713. The van der Waals surface area contributed by atoms with Gasteiger partial charge in [0.05, 0.1) is 12.0 Å². The Balaban J connectivity index is 2.27. The Labute approximate surface area is 96.6 Å². The van der Waals surface area contributed by atoms with E-state index in [-0.39, 0.29) is 17.8 Å². The summed E-state index contributed by atoms with van der Waals surface area (Å²) in [6.45, 7) is 6.74. The molecule has 0 aliphatic carbocycles. The van der Waals surface area contributed by atoms with Crippen molar-refractivity contribution in [1.82, 2.24) is 0 Å². The van der Waals surface area contributed by atoms with Crippen molar-refractivity contribution in [2.75, 3.05) is 6.61 Å². The van der Waals surface area contributed by atoms with Crippen molar-refractivity contribution in [2.45, 2.75) is 33.3 Å². The molecular formula is C14H18O2. The van der Waals surface area contributed by atoms with E-state index >= 15 is 0 Å². The predicted octanol–water partition coefficient (Wildman–Crippen LogP) is 2.91. The van der Waals surface area contributed by atoms with Crippen LogP contribution in [0.15, 0.2) is 18.2 Å². The summed E-state index contributed by atoms with van der Waals surface area (Å²) in [7, 11) is 0. The molecule has 2 atom stereocenters. The Bertz CT molecular complexity index is 409. The SMILES string of the molecule is Cc1ccc(C(=O)C2CCOC2C)c(C)c1. The minimum Gasteiger partial charge on any atom is -0.378 e. The van der Waals surface area contributed by atoms with Gasteiger partial charge in [0, 0.05) is 12.2 Å².